The summed E-state index contributed by atoms with van der Waals surface area (Å²) in [5, 5.41) is 0. The molecule has 3 heteroatoms. The molecule has 3 nitrogen and oxygen atoms in total. The molecule has 1 unspecified atom stereocenters. The SMILES string of the molecule is COc1ccc2c(c1)OCCC2(C)CN. The van der Waals surface area contributed by atoms with Crippen molar-refractivity contribution < 1.29 is 9.47 Å². The average Bonchev–Trinajstić information content (AvgIpc) is 2.29. The Kier molecular flexibility index (Phi) is 2.57. The fraction of sp³-hybridized carbons (Fsp3) is 0.500. The quantitative estimate of drug-likeness (QED) is 0.802. The maximum absolute atomic E-state index is 5.84. The summed E-state index contributed by atoms with van der Waals surface area (Å²) >= 11 is 0. The second kappa shape index (κ2) is 3.74. The lowest BCUT2D eigenvalue weighted by Crippen LogP contribution is -2.36. The van der Waals surface area contributed by atoms with Crippen molar-refractivity contribution in [3.63, 3.8) is 0 Å². The first kappa shape index (κ1) is 10.3. The van der Waals surface area contributed by atoms with E-state index in [4.69, 9.17) is 15.2 Å². The molecule has 0 spiro atoms. The van der Waals surface area contributed by atoms with Crippen LogP contribution in [0.25, 0.3) is 0 Å². The van der Waals surface area contributed by atoms with Crippen LogP contribution in [-0.4, -0.2) is 20.3 Å². The Morgan fingerprint density at radius 2 is 2.33 bits per heavy atom. The molecule has 15 heavy (non-hydrogen) atoms. The number of fused-ring (bicyclic) bond motifs is 1. The van der Waals surface area contributed by atoms with Crippen molar-refractivity contribution in [2.45, 2.75) is 18.8 Å². The number of methoxy groups -OCH3 is 1. The van der Waals surface area contributed by atoms with Crippen molar-refractivity contribution in [3.05, 3.63) is 23.8 Å². The van der Waals surface area contributed by atoms with Gasteiger partial charge in [0, 0.05) is 23.6 Å². The topological polar surface area (TPSA) is 44.5 Å². The second-order valence-corrected chi connectivity index (χ2v) is 4.23. The van der Waals surface area contributed by atoms with Crippen LogP contribution in [0.5, 0.6) is 11.5 Å². The van der Waals surface area contributed by atoms with Crippen LogP contribution in [0.2, 0.25) is 0 Å². The standard InChI is InChI=1S/C12H17NO2/c1-12(8-13)5-6-15-11-7-9(14-2)3-4-10(11)12/h3-4,7H,5-6,8,13H2,1-2H3. The maximum atomic E-state index is 5.84. The molecular weight excluding hydrogens is 190 g/mol. The third-order valence-electron chi connectivity index (χ3n) is 3.20. The van der Waals surface area contributed by atoms with Gasteiger partial charge in [-0.05, 0) is 12.5 Å². The summed E-state index contributed by atoms with van der Waals surface area (Å²) in [4.78, 5) is 0. The summed E-state index contributed by atoms with van der Waals surface area (Å²) in [6, 6.07) is 5.95. The van der Waals surface area contributed by atoms with Gasteiger partial charge in [0.2, 0.25) is 0 Å². The first-order chi connectivity index (χ1) is 7.19. The number of ether oxygens (including phenoxy) is 2. The van der Waals surface area contributed by atoms with E-state index in [-0.39, 0.29) is 5.41 Å². The summed E-state index contributed by atoms with van der Waals surface area (Å²) in [6.45, 7) is 3.56. The van der Waals surface area contributed by atoms with E-state index in [1.165, 1.54) is 5.56 Å². The lowest BCUT2D eigenvalue weighted by molar-refractivity contribution is 0.226. The van der Waals surface area contributed by atoms with Crippen LogP contribution in [0.3, 0.4) is 0 Å². The molecule has 0 bridgehead atoms. The highest BCUT2D eigenvalue weighted by molar-refractivity contribution is 5.46. The van der Waals surface area contributed by atoms with E-state index in [1.807, 2.05) is 12.1 Å². The van der Waals surface area contributed by atoms with Crippen LogP contribution in [-0.2, 0) is 5.41 Å². The smallest absolute Gasteiger partial charge is 0.126 e. The molecule has 2 N–H and O–H groups in total. The molecule has 0 aliphatic carbocycles. The minimum Gasteiger partial charge on any atom is -0.497 e. The first-order valence-electron chi connectivity index (χ1n) is 5.21. The van der Waals surface area contributed by atoms with Crippen molar-refractivity contribution >= 4 is 0 Å². The van der Waals surface area contributed by atoms with Crippen molar-refractivity contribution in [2.24, 2.45) is 5.73 Å². The van der Waals surface area contributed by atoms with Crippen LogP contribution in [0.1, 0.15) is 18.9 Å². The Morgan fingerprint density at radius 1 is 1.53 bits per heavy atom. The minimum absolute atomic E-state index is 0.0415. The third kappa shape index (κ3) is 1.67. The number of nitrogens with two attached hydrogens (primary N) is 1. The molecule has 0 fully saturated rings. The molecule has 1 aliphatic heterocycles. The highest BCUT2D eigenvalue weighted by Crippen LogP contribution is 2.39. The molecule has 0 radical (unpaired) electrons. The van der Waals surface area contributed by atoms with Crippen LogP contribution in [0.15, 0.2) is 18.2 Å². The molecule has 1 heterocycles. The fourth-order valence-electron chi connectivity index (χ4n) is 1.98. The third-order valence-corrected chi connectivity index (χ3v) is 3.20. The van der Waals surface area contributed by atoms with Crippen LogP contribution < -0.4 is 15.2 Å². The van der Waals surface area contributed by atoms with E-state index in [1.54, 1.807) is 7.11 Å². The van der Waals surface area contributed by atoms with E-state index in [0.717, 1.165) is 24.5 Å². The highest BCUT2D eigenvalue weighted by Gasteiger charge is 2.32. The Labute approximate surface area is 90.2 Å². The number of benzene rings is 1. The molecule has 2 rings (SSSR count). The molecule has 0 saturated carbocycles. The van der Waals surface area contributed by atoms with Gasteiger partial charge < -0.3 is 15.2 Å². The Morgan fingerprint density at radius 3 is 3.00 bits per heavy atom. The second-order valence-electron chi connectivity index (χ2n) is 4.23. The van der Waals surface area contributed by atoms with Gasteiger partial charge in [0.05, 0.1) is 13.7 Å². The number of hydrogen-bond donors (Lipinski definition) is 1. The van der Waals surface area contributed by atoms with Gasteiger partial charge in [0.1, 0.15) is 11.5 Å². The van der Waals surface area contributed by atoms with E-state index in [2.05, 4.69) is 13.0 Å². The van der Waals surface area contributed by atoms with Gasteiger partial charge in [-0.3, -0.25) is 0 Å². The van der Waals surface area contributed by atoms with Crippen molar-refractivity contribution in [2.75, 3.05) is 20.3 Å². The van der Waals surface area contributed by atoms with Gasteiger partial charge in [-0.15, -0.1) is 0 Å². The Hall–Kier alpha value is -1.22. The van der Waals surface area contributed by atoms with Gasteiger partial charge in [-0.25, -0.2) is 0 Å². The molecule has 0 amide bonds. The zero-order valence-electron chi connectivity index (χ0n) is 9.25. The zero-order valence-corrected chi connectivity index (χ0v) is 9.25. The van der Waals surface area contributed by atoms with Crippen LogP contribution in [0.4, 0.5) is 0 Å². The molecule has 1 aromatic carbocycles. The Bertz CT molecular complexity index is 365. The molecule has 1 aliphatic rings. The number of hydrogen-bond acceptors (Lipinski definition) is 3. The van der Waals surface area contributed by atoms with Crippen LogP contribution >= 0.6 is 0 Å². The maximum Gasteiger partial charge on any atom is 0.126 e. The molecule has 82 valence electrons. The molecule has 1 atom stereocenters. The highest BCUT2D eigenvalue weighted by atomic mass is 16.5. The van der Waals surface area contributed by atoms with E-state index < -0.39 is 0 Å². The van der Waals surface area contributed by atoms with Gasteiger partial charge >= 0.3 is 0 Å². The fourth-order valence-corrected chi connectivity index (χ4v) is 1.98. The van der Waals surface area contributed by atoms with Crippen molar-refractivity contribution in [1.29, 1.82) is 0 Å². The summed E-state index contributed by atoms with van der Waals surface area (Å²) in [5.41, 5.74) is 7.07. The average molecular weight is 207 g/mol. The minimum atomic E-state index is 0.0415. The van der Waals surface area contributed by atoms with Crippen LogP contribution in [0, 0.1) is 0 Å². The largest absolute Gasteiger partial charge is 0.497 e. The summed E-state index contributed by atoms with van der Waals surface area (Å²) in [6.07, 6.45) is 0.975. The number of rotatable bonds is 2. The monoisotopic (exact) mass is 207 g/mol. The van der Waals surface area contributed by atoms with Gasteiger partial charge in [-0.1, -0.05) is 13.0 Å². The lowest BCUT2D eigenvalue weighted by Gasteiger charge is -2.34. The lowest BCUT2D eigenvalue weighted by atomic mass is 9.78. The molecule has 0 aromatic heterocycles. The van der Waals surface area contributed by atoms with Gasteiger partial charge in [-0.2, -0.15) is 0 Å². The zero-order chi connectivity index (χ0) is 10.9. The molecule has 0 saturated heterocycles. The van der Waals surface area contributed by atoms with Gasteiger partial charge in [0.25, 0.3) is 0 Å². The van der Waals surface area contributed by atoms with Gasteiger partial charge in [0.15, 0.2) is 0 Å². The molecule has 1 aromatic rings. The van der Waals surface area contributed by atoms with Crippen molar-refractivity contribution in [1.82, 2.24) is 0 Å². The Balaban J connectivity index is 2.45. The normalized spacial score (nSPS) is 24.2. The summed E-state index contributed by atoms with van der Waals surface area (Å²) < 4.78 is 10.8. The van der Waals surface area contributed by atoms with E-state index in [9.17, 15) is 0 Å². The predicted octanol–water partition coefficient (Wildman–Crippen LogP) is 1.69. The van der Waals surface area contributed by atoms with E-state index >= 15 is 0 Å². The predicted molar refractivity (Wildman–Crippen MR) is 59.5 cm³/mol. The summed E-state index contributed by atoms with van der Waals surface area (Å²) in [5.74, 6) is 1.74. The van der Waals surface area contributed by atoms with E-state index in [0.29, 0.717) is 6.54 Å². The molecular formula is C12H17NO2. The first-order valence-corrected chi connectivity index (χ1v) is 5.21. The van der Waals surface area contributed by atoms with Crippen molar-refractivity contribution in [3.8, 4) is 11.5 Å². The summed E-state index contributed by atoms with van der Waals surface area (Å²) in [7, 11) is 1.66.